The second-order valence-electron chi connectivity index (χ2n) is 3.21. The van der Waals surface area contributed by atoms with Gasteiger partial charge in [0.2, 0.25) is 0 Å². The van der Waals surface area contributed by atoms with Crippen molar-refractivity contribution in [3.05, 3.63) is 20.8 Å². The van der Waals surface area contributed by atoms with E-state index < -0.39 is 0 Å². The van der Waals surface area contributed by atoms with Crippen LogP contribution in [0.25, 0.3) is 11.2 Å². The van der Waals surface area contributed by atoms with Crippen molar-refractivity contribution in [3.8, 4) is 0 Å². The number of rotatable bonds is 1. The Labute approximate surface area is 84.2 Å². The van der Waals surface area contributed by atoms with Crippen molar-refractivity contribution >= 4 is 17.1 Å². The van der Waals surface area contributed by atoms with Crippen molar-refractivity contribution in [2.75, 3.05) is 5.73 Å². The lowest BCUT2D eigenvalue weighted by atomic mass is 10.5. The number of nitrogens with two attached hydrogens (primary N) is 1. The minimum Gasteiger partial charge on any atom is -0.369 e. The van der Waals surface area contributed by atoms with Crippen LogP contribution in [0.2, 0.25) is 0 Å². The highest BCUT2D eigenvalue weighted by atomic mass is 16.2. The van der Waals surface area contributed by atoms with E-state index in [1.54, 1.807) is 14.0 Å². The van der Waals surface area contributed by atoms with E-state index in [2.05, 4.69) is 9.97 Å². The zero-order chi connectivity index (χ0) is 11.2. The number of aromatic amines is 1. The molecular formula is C8H11N5O2. The maximum atomic E-state index is 11.8. The fourth-order valence-corrected chi connectivity index (χ4v) is 1.55. The van der Waals surface area contributed by atoms with Crippen LogP contribution in [0.15, 0.2) is 9.59 Å². The molecule has 0 saturated heterocycles. The monoisotopic (exact) mass is 209 g/mol. The standard InChI is InChI=1S/C8H11N5O2/c1-3-13-6(14)4-5(11-7(9)10-4)12(2)8(13)15/h3H2,1-2H3,(H3,9,10,11). The molecule has 15 heavy (non-hydrogen) atoms. The van der Waals surface area contributed by atoms with Crippen molar-refractivity contribution in [2.24, 2.45) is 7.05 Å². The summed E-state index contributed by atoms with van der Waals surface area (Å²) in [5.74, 6) is 0.131. The molecular weight excluding hydrogens is 198 g/mol. The number of nitrogens with zero attached hydrogens (tertiary/aromatic N) is 3. The highest BCUT2D eigenvalue weighted by molar-refractivity contribution is 5.72. The smallest absolute Gasteiger partial charge is 0.332 e. The van der Waals surface area contributed by atoms with Gasteiger partial charge in [0.05, 0.1) is 0 Å². The van der Waals surface area contributed by atoms with E-state index in [0.717, 1.165) is 4.57 Å². The maximum absolute atomic E-state index is 11.8. The molecule has 0 unspecified atom stereocenters. The Kier molecular flexibility index (Phi) is 1.88. The van der Waals surface area contributed by atoms with Gasteiger partial charge in [-0.1, -0.05) is 0 Å². The van der Waals surface area contributed by atoms with Crippen molar-refractivity contribution in [1.29, 1.82) is 0 Å². The van der Waals surface area contributed by atoms with Crippen molar-refractivity contribution in [1.82, 2.24) is 19.1 Å². The number of aromatic nitrogens is 4. The van der Waals surface area contributed by atoms with Crippen LogP contribution >= 0.6 is 0 Å². The van der Waals surface area contributed by atoms with Gasteiger partial charge in [-0.15, -0.1) is 0 Å². The lowest BCUT2D eigenvalue weighted by molar-refractivity contribution is 0.637. The molecule has 3 N–H and O–H groups in total. The maximum Gasteiger partial charge on any atom is 0.332 e. The summed E-state index contributed by atoms with van der Waals surface area (Å²) in [6.07, 6.45) is 0. The third-order valence-electron chi connectivity index (χ3n) is 2.31. The summed E-state index contributed by atoms with van der Waals surface area (Å²) in [7, 11) is 1.55. The highest BCUT2D eigenvalue weighted by Crippen LogP contribution is 2.04. The van der Waals surface area contributed by atoms with Crippen molar-refractivity contribution < 1.29 is 0 Å². The highest BCUT2D eigenvalue weighted by Gasteiger charge is 2.12. The van der Waals surface area contributed by atoms with Crippen LogP contribution in [-0.4, -0.2) is 19.1 Å². The summed E-state index contributed by atoms with van der Waals surface area (Å²) in [6.45, 7) is 2.05. The van der Waals surface area contributed by atoms with E-state index in [1.807, 2.05) is 0 Å². The average Bonchev–Trinajstić information content (AvgIpc) is 2.58. The van der Waals surface area contributed by atoms with Gasteiger partial charge in [-0.2, -0.15) is 4.98 Å². The third kappa shape index (κ3) is 1.16. The zero-order valence-corrected chi connectivity index (χ0v) is 8.44. The van der Waals surface area contributed by atoms with Crippen molar-refractivity contribution in [2.45, 2.75) is 13.5 Å². The van der Waals surface area contributed by atoms with Gasteiger partial charge in [0.25, 0.3) is 5.56 Å². The van der Waals surface area contributed by atoms with Crippen LogP contribution in [-0.2, 0) is 13.6 Å². The van der Waals surface area contributed by atoms with Gasteiger partial charge in [-0.3, -0.25) is 13.9 Å². The topological polar surface area (TPSA) is 98.7 Å². The summed E-state index contributed by atoms with van der Waals surface area (Å²) >= 11 is 0. The van der Waals surface area contributed by atoms with Crippen LogP contribution in [0, 0.1) is 0 Å². The first-order valence-corrected chi connectivity index (χ1v) is 4.51. The Morgan fingerprint density at radius 1 is 1.47 bits per heavy atom. The molecule has 80 valence electrons. The molecule has 7 heteroatoms. The number of fused-ring (bicyclic) bond motifs is 1. The Morgan fingerprint density at radius 2 is 2.13 bits per heavy atom. The number of hydrogen-bond acceptors (Lipinski definition) is 4. The lowest BCUT2D eigenvalue weighted by Crippen LogP contribution is -2.38. The quantitative estimate of drug-likeness (QED) is 0.631. The molecule has 0 aliphatic heterocycles. The minimum absolute atomic E-state index is 0.131. The number of anilines is 1. The third-order valence-corrected chi connectivity index (χ3v) is 2.31. The Bertz CT molecular complexity index is 633. The van der Waals surface area contributed by atoms with E-state index in [9.17, 15) is 9.59 Å². The summed E-state index contributed by atoms with van der Waals surface area (Å²) in [6, 6.07) is 0. The Hall–Kier alpha value is -2.05. The predicted molar refractivity (Wildman–Crippen MR) is 55.7 cm³/mol. The first kappa shape index (κ1) is 9.50. The van der Waals surface area contributed by atoms with E-state index in [-0.39, 0.29) is 28.4 Å². The molecule has 0 bridgehead atoms. The SMILES string of the molecule is CCn1c(=O)c2[nH]c(N)nc2n(C)c1=O. The number of hydrogen-bond donors (Lipinski definition) is 2. The van der Waals surface area contributed by atoms with E-state index in [4.69, 9.17) is 5.73 Å². The number of nitrogens with one attached hydrogen (secondary N) is 1. The molecule has 0 radical (unpaired) electrons. The van der Waals surface area contributed by atoms with Gasteiger partial charge >= 0.3 is 5.69 Å². The van der Waals surface area contributed by atoms with E-state index in [0.29, 0.717) is 6.54 Å². The lowest BCUT2D eigenvalue weighted by Gasteiger charge is -2.03. The van der Waals surface area contributed by atoms with Crippen LogP contribution in [0.1, 0.15) is 6.92 Å². The van der Waals surface area contributed by atoms with Gasteiger partial charge in [-0.25, -0.2) is 4.79 Å². The minimum atomic E-state index is -0.389. The summed E-state index contributed by atoms with van der Waals surface area (Å²) < 4.78 is 2.42. The first-order chi connectivity index (χ1) is 7.06. The normalized spacial score (nSPS) is 11.1. The Balaban J connectivity index is 3.09. The van der Waals surface area contributed by atoms with Crippen LogP contribution in [0.5, 0.6) is 0 Å². The van der Waals surface area contributed by atoms with E-state index >= 15 is 0 Å². The van der Waals surface area contributed by atoms with Crippen LogP contribution in [0.4, 0.5) is 5.95 Å². The molecule has 0 amide bonds. The fraction of sp³-hybridized carbons (Fsp3) is 0.375. The largest absolute Gasteiger partial charge is 0.369 e. The van der Waals surface area contributed by atoms with Gasteiger partial charge in [0.15, 0.2) is 17.1 Å². The fourth-order valence-electron chi connectivity index (χ4n) is 1.55. The van der Waals surface area contributed by atoms with Gasteiger partial charge < -0.3 is 10.7 Å². The molecule has 0 aliphatic rings. The Morgan fingerprint density at radius 3 is 2.73 bits per heavy atom. The molecule has 2 aromatic rings. The molecule has 0 aliphatic carbocycles. The molecule has 0 saturated carbocycles. The summed E-state index contributed by atoms with van der Waals surface area (Å²) in [5, 5.41) is 0. The second kappa shape index (κ2) is 2.97. The van der Waals surface area contributed by atoms with Gasteiger partial charge in [0.1, 0.15) is 0 Å². The number of nitrogen functional groups attached to an aromatic ring is 1. The van der Waals surface area contributed by atoms with Crippen LogP contribution < -0.4 is 17.0 Å². The number of H-pyrrole nitrogens is 1. The second-order valence-corrected chi connectivity index (χ2v) is 3.21. The summed E-state index contributed by atoms with van der Waals surface area (Å²) in [4.78, 5) is 30.0. The number of imidazole rings is 1. The predicted octanol–water partition coefficient (Wildman–Crippen LogP) is -0.975. The van der Waals surface area contributed by atoms with Gasteiger partial charge in [-0.05, 0) is 6.92 Å². The molecule has 0 atom stereocenters. The van der Waals surface area contributed by atoms with Gasteiger partial charge in [0, 0.05) is 13.6 Å². The van der Waals surface area contributed by atoms with Crippen LogP contribution in [0.3, 0.4) is 0 Å². The molecule has 2 aromatic heterocycles. The molecule has 0 aromatic carbocycles. The number of aryl methyl sites for hydroxylation is 1. The molecule has 2 heterocycles. The molecule has 7 nitrogen and oxygen atoms in total. The zero-order valence-electron chi connectivity index (χ0n) is 8.44. The first-order valence-electron chi connectivity index (χ1n) is 4.51. The molecule has 2 rings (SSSR count). The van der Waals surface area contributed by atoms with Crippen molar-refractivity contribution in [3.63, 3.8) is 0 Å². The molecule has 0 spiro atoms. The van der Waals surface area contributed by atoms with E-state index in [1.165, 1.54) is 4.57 Å². The summed E-state index contributed by atoms with van der Waals surface area (Å²) in [5.41, 5.74) is 5.21. The molecule has 0 fully saturated rings. The average molecular weight is 209 g/mol.